The van der Waals surface area contributed by atoms with Crippen molar-refractivity contribution in [3.63, 3.8) is 0 Å². The van der Waals surface area contributed by atoms with E-state index in [9.17, 15) is 4.79 Å². The Hall–Kier alpha value is -4.31. The molecule has 10 heteroatoms. The Balaban J connectivity index is 1.37. The highest BCUT2D eigenvalue weighted by molar-refractivity contribution is 5.99. The number of carbonyl (C=O) groups is 1. The molecule has 0 radical (unpaired) electrons. The quantitative estimate of drug-likeness (QED) is 0.282. The summed E-state index contributed by atoms with van der Waals surface area (Å²) in [5, 5.41) is 5.51. The standard InChI is InChI=1S/C26H27N7O3/c1-2-35-12-11-19(34)9-7-16-3-5-17(6-4-16)14-33-25-22(24(27)29-15-30-25)23(32-33)18-8-10-21-20(13-18)31-26(28)36-21/h3-6,8,10,13,15H,2,7,9,11-12,14H2,1H3,(H2,28,31)(H2,27,29,30). The number of nitrogens with two attached hydrogens (primary N) is 2. The van der Waals surface area contributed by atoms with Crippen LogP contribution in [0.25, 0.3) is 33.4 Å². The zero-order chi connectivity index (χ0) is 25.1. The molecule has 0 unspecified atom stereocenters. The van der Waals surface area contributed by atoms with E-state index in [0.717, 1.165) is 16.7 Å². The second-order valence-electron chi connectivity index (χ2n) is 8.50. The van der Waals surface area contributed by atoms with Crippen molar-refractivity contribution >= 4 is 39.7 Å². The van der Waals surface area contributed by atoms with Gasteiger partial charge in [0.25, 0.3) is 6.01 Å². The molecule has 0 spiro atoms. The fourth-order valence-electron chi connectivity index (χ4n) is 4.16. The number of benzene rings is 2. The number of oxazole rings is 1. The monoisotopic (exact) mass is 485 g/mol. The van der Waals surface area contributed by atoms with Crippen LogP contribution in [-0.2, 0) is 22.5 Å². The van der Waals surface area contributed by atoms with Gasteiger partial charge in [0.05, 0.1) is 18.5 Å². The number of rotatable bonds is 10. The third-order valence-corrected chi connectivity index (χ3v) is 6.01. The number of carbonyl (C=O) groups excluding carboxylic acids is 1. The Morgan fingerprint density at radius 2 is 1.86 bits per heavy atom. The van der Waals surface area contributed by atoms with E-state index < -0.39 is 0 Å². The molecular weight excluding hydrogens is 458 g/mol. The number of anilines is 2. The van der Waals surface area contributed by atoms with E-state index in [1.807, 2.05) is 48.0 Å². The molecule has 0 bridgehead atoms. The van der Waals surface area contributed by atoms with Crippen LogP contribution in [0.1, 0.15) is 30.9 Å². The summed E-state index contributed by atoms with van der Waals surface area (Å²) in [6.07, 6.45) is 3.12. The zero-order valence-corrected chi connectivity index (χ0v) is 20.0. The number of hydrogen-bond donors (Lipinski definition) is 2. The van der Waals surface area contributed by atoms with Crippen molar-refractivity contribution in [1.29, 1.82) is 0 Å². The Kier molecular flexibility index (Phi) is 6.59. The molecule has 3 heterocycles. The fraction of sp³-hybridized carbons (Fsp3) is 0.269. The maximum atomic E-state index is 12.0. The summed E-state index contributed by atoms with van der Waals surface area (Å²) in [4.78, 5) is 24.9. The second-order valence-corrected chi connectivity index (χ2v) is 8.50. The molecular formula is C26H27N7O3. The zero-order valence-electron chi connectivity index (χ0n) is 20.0. The van der Waals surface area contributed by atoms with Crippen molar-refractivity contribution in [2.45, 2.75) is 32.7 Å². The third-order valence-electron chi connectivity index (χ3n) is 6.01. The molecule has 4 N–H and O–H groups in total. The molecule has 0 aliphatic carbocycles. The molecule has 0 saturated carbocycles. The number of aromatic nitrogens is 5. The largest absolute Gasteiger partial charge is 0.424 e. The molecule has 5 aromatic rings. The van der Waals surface area contributed by atoms with Gasteiger partial charge in [0, 0.05) is 25.0 Å². The van der Waals surface area contributed by atoms with Gasteiger partial charge in [0.2, 0.25) is 0 Å². The number of fused-ring (bicyclic) bond motifs is 2. The first kappa shape index (κ1) is 23.4. The first-order valence-corrected chi connectivity index (χ1v) is 11.8. The third kappa shape index (κ3) is 4.89. The van der Waals surface area contributed by atoms with Crippen molar-refractivity contribution < 1.29 is 13.9 Å². The number of hydrogen-bond acceptors (Lipinski definition) is 9. The summed E-state index contributed by atoms with van der Waals surface area (Å²) in [6, 6.07) is 13.8. The van der Waals surface area contributed by atoms with E-state index >= 15 is 0 Å². The molecule has 184 valence electrons. The first-order chi connectivity index (χ1) is 17.5. The van der Waals surface area contributed by atoms with Gasteiger partial charge < -0.3 is 20.6 Å². The van der Waals surface area contributed by atoms with Gasteiger partial charge in [-0.2, -0.15) is 10.1 Å². The van der Waals surface area contributed by atoms with E-state index in [-0.39, 0.29) is 11.8 Å². The van der Waals surface area contributed by atoms with E-state index in [2.05, 4.69) is 15.0 Å². The van der Waals surface area contributed by atoms with Crippen LogP contribution in [0.2, 0.25) is 0 Å². The molecule has 0 aliphatic rings. The second kappa shape index (κ2) is 10.1. The van der Waals surface area contributed by atoms with Gasteiger partial charge in [0.1, 0.15) is 29.1 Å². The highest BCUT2D eigenvalue weighted by Gasteiger charge is 2.18. The lowest BCUT2D eigenvalue weighted by Crippen LogP contribution is -2.06. The van der Waals surface area contributed by atoms with Crippen molar-refractivity contribution in [3.05, 3.63) is 59.9 Å². The smallest absolute Gasteiger partial charge is 0.292 e. The van der Waals surface area contributed by atoms with Crippen molar-refractivity contribution in [2.75, 3.05) is 24.7 Å². The molecule has 36 heavy (non-hydrogen) atoms. The van der Waals surface area contributed by atoms with Crippen LogP contribution < -0.4 is 11.5 Å². The molecule has 2 aromatic carbocycles. The lowest BCUT2D eigenvalue weighted by Gasteiger charge is -2.06. The van der Waals surface area contributed by atoms with Crippen LogP contribution in [0.4, 0.5) is 11.8 Å². The van der Waals surface area contributed by atoms with Crippen LogP contribution in [0.15, 0.2) is 53.2 Å². The number of aryl methyl sites for hydroxylation is 1. The van der Waals surface area contributed by atoms with Crippen molar-refractivity contribution in [2.24, 2.45) is 0 Å². The van der Waals surface area contributed by atoms with Crippen molar-refractivity contribution in [3.8, 4) is 11.3 Å². The molecule has 0 atom stereocenters. The minimum atomic E-state index is 0.110. The molecule has 0 fully saturated rings. The number of nitrogen functional groups attached to an aromatic ring is 2. The lowest BCUT2D eigenvalue weighted by atomic mass is 10.0. The summed E-state index contributed by atoms with van der Waals surface area (Å²) in [6.45, 7) is 3.55. The Morgan fingerprint density at radius 3 is 2.67 bits per heavy atom. The summed E-state index contributed by atoms with van der Waals surface area (Å²) < 4.78 is 12.5. The van der Waals surface area contributed by atoms with Gasteiger partial charge in [-0.15, -0.1) is 0 Å². The highest BCUT2D eigenvalue weighted by Crippen LogP contribution is 2.32. The topological polar surface area (TPSA) is 148 Å². The van der Waals surface area contributed by atoms with Crippen LogP contribution in [0, 0.1) is 0 Å². The Morgan fingerprint density at radius 1 is 1.06 bits per heavy atom. The van der Waals surface area contributed by atoms with Crippen LogP contribution in [0.5, 0.6) is 0 Å². The average molecular weight is 486 g/mol. The van der Waals surface area contributed by atoms with Crippen LogP contribution >= 0.6 is 0 Å². The maximum Gasteiger partial charge on any atom is 0.292 e. The summed E-state index contributed by atoms with van der Waals surface area (Å²) in [5.41, 5.74) is 17.4. The molecule has 10 nitrogen and oxygen atoms in total. The summed E-state index contributed by atoms with van der Waals surface area (Å²) in [7, 11) is 0. The summed E-state index contributed by atoms with van der Waals surface area (Å²) in [5.74, 6) is 0.567. The van der Waals surface area contributed by atoms with Gasteiger partial charge in [-0.05, 0) is 42.7 Å². The number of ether oxygens (including phenoxy) is 1. The molecule has 0 amide bonds. The highest BCUT2D eigenvalue weighted by atomic mass is 16.5. The van der Waals surface area contributed by atoms with Gasteiger partial charge in [-0.25, -0.2) is 14.6 Å². The van der Waals surface area contributed by atoms with Crippen LogP contribution in [0.3, 0.4) is 0 Å². The number of Topliss-reactive ketones (excluding diaryl/α,β-unsaturated/α-hetero) is 1. The fourth-order valence-corrected chi connectivity index (χ4v) is 4.16. The molecule has 0 aliphatic heterocycles. The normalized spacial score (nSPS) is 11.5. The van der Waals surface area contributed by atoms with Gasteiger partial charge in [-0.1, -0.05) is 24.3 Å². The Labute approximate surface area is 207 Å². The number of ketones is 1. The molecule has 3 aromatic heterocycles. The van der Waals surface area contributed by atoms with E-state index in [4.69, 9.17) is 25.7 Å². The minimum absolute atomic E-state index is 0.110. The van der Waals surface area contributed by atoms with Gasteiger partial charge in [0.15, 0.2) is 11.2 Å². The first-order valence-electron chi connectivity index (χ1n) is 11.8. The maximum absolute atomic E-state index is 12.0. The number of nitrogens with zero attached hydrogens (tertiary/aromatic N) is 5. The van der Waals surface area contributed by atoms with Gasteiger partial charge >= 0.3 is 0 Å². The summed E-state index contributed by atoms with van der Waals surface area (Å²) >= 11 is 0. The predicted molar refractivity (Wildman–Crippen MR) is 137 cm³/mol. The van der Waals surface area contributed by atoms with Crippen molar-refractivity contribution in [1.82, 2.24) is 24.7 Å². The lowest BCUT2D eigenvalue weighted by molar-refractivity contribution is -0.120. The average Bonchev–Trinajstić information content (AvgIpc) is 3.43. The Bertz CT molecular complexity index is 1520. The van der Waals surface area contributed by atoms with E-state index in [1.54, 1.807) is 6.07 Å². The molecule has 5 rings (SSSR count). The van der Waals surface area contributed by atoms with Gasteiger partial charge in [-0.3, -0.25) is 4.79 Å². The minimum Gasteiger partial charge on any atom is -0.424 e. The van der Waals surface area contributed by atoms with E-state index in [0.29, 0.717) is 72.7 Å². The van der Waals surface area contributed by atoms with Crippen LogP contribution in [-0.4, -0.2) is 43.7 Å². The SMILES string of the molecule is CCOCCC(=O)CCc1ccc(Cn2nc(-c3ccc4oc(N)nc4c3)c3c(N)ncnc32)cc1. The molecule has 0 saturated heterocycles. The van der Waals surface area contributed by atoms with E-state index in [1.165, 1.54) is 6.33 Å². The predicted octanol–water partition coefficient (Wildman–Crippen LogP) is 3.78.